The number of guanidine groups is 1. The van der Waals surface area contributed by atoms with E-state index >= 15 is 0 Å². The van der Waals surface area contributed by atoms with E-state index < -0.39 is 12.8 Å². The molecule has 3 N–H and O–H groups in total. The van der Waals surface area contributed by atoms with Gasteiger partial charge in [-0.3, -0.25) is 0 Å². The van der Waals surface area contributed by atoms with Crippen molar-refractivity contribution in [3.8, 4) is 5.75 Å². The van der Waals surface area contributed by atoms with Crippen LogP contribution in [0.1, 0.15) is 25.0 Å². The fourth-order valence-electron chi connectivity index (χ4n) is 2.28. The Bertz CT molecular complexity index is 758. The molecule has 0 fully saturated rings. The van der Waals surface area contributed by atoms with Crippen molar-refractivity contribution in [3.05, 3.63) is 59.7 Å². The number of nitrogens with zero attached hydrogens (tertiary/aromatic N) is 1. The standard InChI is InChI=1S/C20H24F3N3O2/c1-14(2)28-18-9-7-17(8-10-18)26-19(24)25-11-15-3-5-16(6-4-15)12-27-13-20(21,22)23/h3-10,14H,11-13H2,1-2H3,(H3,24,25,26). The Labute approximate surface area is 162 Å². The summed E-state index contributed by atoms with van der Waals surface area (Å²) in [5.41, 5.74) is 8.22. The number of rotatable bonds is 8. The van der Waals surface area contributed by atoms with Gasteiger partial charge in [-0.05, 0) is 49.2 Å². The molecule has 152 valence electrons. The first-order valence-electron chi connectivity index (χ1n) is 8.77. The smallest absolute Gasteiger partial charge is 0.411 e. The molecule has 8 heteroatoms. The quantitative estimate of drug-likeness (QED) is 0.511. The minimum Gasteiger partial charge on any atom is -0.491 e. The highest BCUT2D eigenvalue weighted by Crippen LogP contribution is 2.17. The molecule has 0 aliphatic carbocycles. The van der Waals surface area contributed by atoms with E-state index in [1.807, 2.05) is 38.1 Å². The fourth-order valence-corrected chi connectivity index (χ4v) is 2.28. The van der Waals surface area contributed by atoms with Gasteiger partial charge in [0.05, 0.1) is 19.3 Å². The first-order chi connectivity index (χ1) is 13.2. The summed E-state index contributed by atoms with van der Waals surface area (Å²) in [5.74, 6) is 1.03. The molecule has 5 nitrogen and oxygen atoms in total. The molecule has 0 amide bonds. The van der Waals surface area contributed by atoms with Crippen molar-refractivity contribution in [2.24, 2.45) is 10.7 Å². The summed E-state index contributed by atoms with van der Waals surface area (Å²) in [4.78, 5) is 4.26. The first-order valence-corrected chi connectivity index (χ1v) is 8.77. The molecule has 0 spiro atoms. The maximum absolute atomic E-state index is 12.1. The van der Waals surface area contributed by atoms with Gasteiger partial charge >= 0.3 is 6.18 Å². The molecule has 0 heterocycles. The summed E-state index contributed by atoms with van der Waals surface area (Å²) in [5, 5.41) is 2.99. The van der Waals surface area contributed by atoms with Gasteiger partial charge < -0.3 is 20.5 Å². The lowest BCUT2D eigenvalue weighted by atomic mass is 10.1. The van der Waals surface area contributed by atoms with Crippen LogP contribution in [0.15, 0.2) is 53.5 Å². The van der Waals surface area contributed by atoms with Crippen LogP contribution in [0.3, 0.4) is 0 Å². The van der Waals surface area contributed by atoms with E-state index in [0.29, 0.717) is 12.1 Å². The lowest BCUT2D eigenvalue weighted by Gasteiger charge is -2.11. The van der Waals surface area contributed by atoms with Gasteiger partial charge in [0, 0.05) is 5.69 Å². The Morgan fingerprint density at radius 3 is 2.21 bits per heavy atom. The number of anilines is 1. The number of nitrogens with one attached hydrogen (secondary N) is 1. The Morgan fingerprint density at radius 2 is 1.64 bits per heavy atom. The van der Waals surface area contributed by atoms with Crippen LogP contribution in [-0.2, 0) is 17.9 Å². The topological polar surface area (TPSA) is 68.9 Å². The van der Waals surface area contributed by atoms with E-state index in [1.165, 1.54) is 0 Å². The van der Waals surface area contributed by atoms with Crippen molar-refractivity contribution in [2.45, 2.75) is 39.3 Å². The molecule has 0 saturated carbocycles. The van der Waals surface area contributed by atoms with Gasteiger partial charge in [0.2, 0.25) is 0 Å². The zero-order valence-electron chi connectivity index (χ0n) is 15.8. The van der Waals surface area contributed by atoms with Crippen LogP contribution < -0.4 is 15.8 Å². The average Bonchev–Trinajstić information content (AvgIpc) is 2.61. The number of hydrogen-bond donors (Lipinski definition) is 2. The Morgan fingerprint density at radius 1 is 1.04 bits per heavy atom. The second-order valence-electron chi connectivity index (χ2n) is 6.44. The first kappa shape index (κ1) is 21.6. The minimum absolute atomic E-state index is 0.0940. The van der Waals surface area contributed by atoms with Crippen LogP contribution >= 0.6 is 0 Å². The van der Waals surface area contributed by atoms with E-state index in [-0.39, 0.29) is 18.7 Å². The predicted molar refractivity (Wildman–Crippen MR) is 103 cm³/mol. The highest BCUT2D eigenvalue weighted by atomic mass is 19.4. The van der Waals surface area contributed by atoms with Gasteiger partial charge in [0.25, 0.3) is 0 Å². The fraction of sp³-hybridized carbons (Fsp3) is 0.350. The van der Waals surface area contributed by atoms with Crippen LogP contribution in [0, 0.1) is 0 Å². The van der Waals surface area contributed by atoms with E-state index in [2.05, 4.69) is 15.0 Å². The number of alkyl halides is 3. The molecule has 28 heavy (non-hydrogen) atoms. The van der Waals surface area contributed by atoms with E-state index in [9.17, 15) is 13.2 Å². The largest absolute Gasteiger partial charge is 0.491 e. The van der Waals surface area contributed by atoms with Gasteiger partial charge in [-0.2, -0.15) is 13.2 Å². The monoisotopic (exact) mass is 395 g/mol. The summed E-state index contributed by atoms with van der Waals surface area (Å²) in [6, 6.07) is 14.3. The summed E-state index contributed by atoms with van der Waals surface area (Å²) >= 11 is 0. The van der Waals surface area contributed by atoms with Crippen molar-refractivity contribution in [2.75, 3.05) is 11.9 Å². The Hall–Kier alpha value is -2.74. The second-order valence-corrected chi connectivity index (χ2v) is 6.44. The van der Waals surface area contributed by atoms with Gasteiger partial charge in [0.15, 0.2) is 5.96 Å². The molecular weight excluding hydrogens is 371 g/mol. The molecule has 0 saturated heterocycles. The number of aliphatic imine (C=N–C) groups is 1. The van der Waals surface area contributed by atoms with E-state index in [1.54, 1.807) is 24.3 Å². The summed E-state index contributed by atoms with van der Waals surface area (Å²) in [6.45, 7) is 2.91. The highest BCUT2D eigenvalue weighted by Gasteiger charge is 2.27. The van der Waals surface area contributed by atoms with Crippen molar-refractivity contribution in [1.29, 1.82) is 0 Å². The molecule has 0 bridgehead atoms. The van der Waals surface area contributed by atoms with Gasteiger partial charge in [-0.25, -0.2) is 4.99 Å². The van der Waals surface area contributed by atoms with Crippen LogP contribution in [0.2, 0.25) is 0 Å². The maximum Gasteiger partial charge on any atom is 0.411 e. The SMILES string of the molecule is CC(C)Oc1ccc(NC(N)=NCc2ccc(COCC(F)(F)F)cc2)cc1. The summed E-state index contributed by atoms with van der Waals surface area (Å²) in [6.07, 6.45) is -4.21. The molecule has 0 radical (unpaired) electrons. The van der Waals surface area contributed by atoms with Crippen LogP contribution in [-0.4, -0.2) is 24.8 Å². The number of nitrogens with two attached hydrogens (primary N) is 1. The average molecular weight is 395 g/mol. The van der Waals surface area contributed by atoms with Crippen LogP contribution in [0.25, 0.3) is 0 Å². The summed E-state index contributed by atoms with van der Waals surface area (Å²) in [7, 11) is 0. The van der Waals surface area contributed by atoms with Gasteiger partial charge in [0.1, 0.15) is 12.4 Å². The van der Waals surface area contributed by atoms with Crippen molar-refractivity contribution in [1.82, 2.24) is 0 Å². The minimum atomic E-state index is -4.32. The number of ether oxygens (including phenoxy) is 2. The molecule has 2 aromatic rings. The Kier molecular flexibility index (Phi) is 7.69. The molecule has 2 rings (SSSR count). The van der Waals surface area contributed by atoms with Crippen molar-refractivity contribution < 1.29 is 22.6 Å². The Balaban J connectivity index is 1.82. The molecule has 0 atom stereocenters. The van der Waals surface area contributed by atoms with Crippen molar-refractivity contribution in [3.63, 3.8) is 0 Å². The number of benzene rings is 2. The predicted octanol–water partition coefficient (Wildman–Crippen LogP) is 4.48. The molecule has 0 aliphatic heterocycles. The highest BCUT2D eigenvalue weighted by molar-refractivity contribution is 5.92. The van der Waals surface area contributed by atoms with E-state index in [0.717, 1.165) is 17.0 Å². The van der Waals surface area contributed by atoms with E-state index in [4.69, 9.17) is 10.5 Å². The lowest BCUT2D eigenvalue weighted by molar-refractivity contribution is -0.176. The van der Waals surface area contributed by atoms with Crippen LogP contribution in [0.5, 0.6) is 5.75 Å². The zero-order chi connectivity index (χ0) is 20.6. The van der Waals surface area contributed by atoms with Gasteiger partial charge in [-0.15, -0.1) is 0 Å². The third kappa shape index (κ3) is 8.30. The third-order valence-electron chi connectivity index (χ3n) is 3.49. The molecule has 2 aromatic carbocycles. The number of hydrogen-bond acceptors (Lipinski definition) is 3. The molecule has 0 aliphatic rings. The van der Waals surface area contributed by atoms with Crippen molar-refractivity contribution >= 4 is 11.6 Å². The third-order valence-corrected chi connectivity index (χ3v) is 3.49. The normalized spacial score (nSPS) is 12.3. The maximum atomic E-state index is 12.1. The van der Waals surface area contributed by atoms with Crippen LogP contribution in [0.4, 0.5) is 18.9 Å². The molecule has 0 aromatic heterocycles. The molecule has 0 unspecified atom stereocenters. The summed E-state index contributed by atoms with van der Waals surface area (Å²) < 4.78 is 46.4. The molecular formula is C20H24F3N3O2. The van der Waals surface area contributed by atoms with Gasteiger partial charge in [-0.1, -0.05) is 24.3 Å². The lowest BCUT2D eigenvalue weighted by Crippen LogP contribution is -2.22. The number of halogens is 3. The second kappa shape index (κ2) is 9.98. The zero-order valence-corrected chi connectivity index (χ0v) is 15.8.